The van der Waals surface area contributed by atoms with E-state index >= 15 is 0 Å². The van der Waals surface area contributed by atoms with E-state index < -0.39 is 6.10 Å². The van der Waals surface area contributed by atoms with Gasteiger partial charge in [-0.2, -0.15) is 0 Å². The van der Waals surface area contributed by atoms with Gasteiger partial charge in [-0.05, 0) is 6.07 Å². The normalized spacial score (nSPS) is 19.3. The van der Waals surface area contributed by atoms with E-state index in [1.54, 1.807) is 7.11 Å². The highest BCUT2D eigenvalue weighted by Crippen LogP contribution is 2.16. The van der Waals surface area contributed by atoms with E-state index in [0.717, 1.165) is 17.9 Å². The summed E-state index contributed by atoms with van der Waals surface area (Å²) >= 11 is 0. The summed E-state index contributed by atoms with van der Waals surface area (Å²) in [6.45, 7) is 2.39. The summed E-state index contributed by atoms with van der Waals surface area (Å²) in [6, 6.07) is 7.63. The van der Waals surface area contributed by atoms with E-state index in [0.29, 0.717) is 19.7 Å². The number of benzene rings is 1. The lowest BCUT2D eigenvalue weighted by molar-refractivity contribution is -0.134. The molecule has 2 N–H and O–H groups in total. The molecule has 1 atom stereocenters. The maximum Gasteiger partial charge on any atom is 0.250 e. The highest BCUT2D eigenvalue weighted by Gasteiger charge is 2.21. The minimum atomic E-state index is -0.395. The minimum absolute atomic E-state index is 0.0897. The Labute approximate surface area is 106 Å². The SMILES string of the molecule is COc1ccccc1CNC(=O)C1CNCCO1. The van der Waals surface area contributed by atoms with E-state index in [1.165, 1.54) is 0 Å². The van der Waals surface area contributed by atoms with Gasteiger partial charge in [-0.1, -0.05) is 18.2 Å². The number of methoxy groups -OCH3 is 1. The largest absolute Gasteiger partial charge is 0.496 e. The van der Waals surface area contributed by atoms with E-state index in [1.807, 2.05) is 24.3 Å². The fourth-order valence-corrected chi connectivity index (χ4v) is 1.88. The summed E-state index contributed by atoms with van der Waals surface area (Å²) in [5.41, 5.74) is 0.956. The standard InChI is InChI=1S/C13H18N2O3/c1-17-11-5-3-2-4-10(11)8-15-13(16)12-9-14-6-7-18-12/h2-5,12,14H,6-9H2,1H3,(H,15,16). The molecule has 0 spiro atoms. The summed E-state index contributed by atoms with van der Waals surface area (Å²) in [5.74, 6) is 0.689. The number of nitrogens with one attached hydrogen (secondary N) is 2. The molecule has 0 aliphatic carbocycles. The van der Waals surface area contributed by atoms with E-state index in [2.05, 4.69) is 10.6 Å². The quantitative estimate of drug-likeness (QED) is 0.807. The van der Waals surface area contributed by atoms with Crippen molar-refractivity contribution in [2.24, 2.45) is 0 Å². The molecule has 1 unspecified atom stereocenters. The van der Waals surface area contributed by atoms with Crippen LogP contribution in [-0.2, 0) is 16.1 Å². The number of hydrogen-bond acceptors (Lipinski definition) is 4. The molecule has 0 radical (unpaired) electrons. The average Bonchev–Trinajstić information content (AvgIpc) is 2.46. The average molecular weight is 250 g/mol. The summed E-state index contributed by atoms with van der Waals surface area (Å²) in [7, 11) is 1.62. The first kappa shape index (κ1) is 12.9. The van der Waals surface area contributed by atoms with Crippen LogP contribution in [0.3, 0.4) is 0 Å². The molecule has 1 fully saturated rings. The van der Waals surface area contributed by atoms with Gasteiger partial charge in [-0.15, -0.1) is 0 Å². The van der Waals surface area contributed by atoms with Crippen LogP contribution < -0.4 is 15.4 Å². The van der Waals surface area contributed by atoms with Gasteiger partial charge in [-0.3, -0.25) is 4.79 Å². The molecule has 1 aliphatic rings. The maximum atomic E-state index is 11.9. The Morgan fingerprint density at radius 1 is 1.56 bits per heavy atom. The zero-order valence-electron chi connectivity index (χ0n) is 10.4. The lowest BCUT2D eigenvalue weighted by Gasteiger charge is -2.22. The summed E-state index contributed by atoms with van der Waals surface area (Å²) < 4.78 is 10.6. The number of amides is 1. The molecule has 0 saturated carbocycles. The maximum absolute atomic E-state index is 11.9. The molecule has 0 bridgehead atoms. The van der Waals surface area contributed by atoms with Crippen LogP contribution >= 0.6 is 0 Å². The Balaban J connectivity index is 1.88. The molecule has 5 heteroatoms. The second-order valence-electron chi connectivity index (χ2n) is 4.09. The van der Waals surface area contributed by atoms with Gasteiger partial charge in [0.15, 0.2) is 0 Å². The van der Waals surface area contributed by atoms with Crippen LogP contribution in [0, 0.1) is 0 Å². The number of morpholine rings is 1. The van der Waals surface area contributed by atoms with Crippen LogP contribution in [0.15, 0.2) is 24.3 Å². The molecule has 1 saturated heterocycles. The molecule has 18 heavy (non-hydrogen) atoms. The monoisotopic (exact) mass is 250 g/mol. The van der Waals surface area contributed by atoms with Crippen LogP contribution in [-0.4, -0.2) is 38.8 Å². The van der Waals surface area contributed by atoms with Crippen molar-refractivity contribution in [2.75, 3.05) is 26.8 Å². The number of rotatable bonds is 4. The van der Waals surface area contributed by atoms with Crippen molar-refractivity contribution in [3.05, 3.63) is 29.8 Å². The predicted octanol–water partition coefficient (Wildman–Crippen LogP) is 0.300. The Kier molecular flexibility index (Phi) is 4.55. The van der Waals surface area contributed by atoms with Gasteiger partial charge in [-0.25, -0.2) is 0 Å². The highest BCUT2D eigenvalue weighted by molar-refractivity contribution is 5.81. The van der Waals surface area contributed by atoms with Gasteiger partial charge < -0.3 is 20.1 Å². The number of hydrogen-bond donors (Lipinski definition) is 2. The van der Waals surface area contributed by atoms with Crippen LogP contribution in [0.5, 0.6) is 5.75 Å². The third-order valence-corrected chi connectivity index (χ3v) is 2.87. The van der Waals surface area contributed by atoms with Crippen LogP contribution in [0.2, 0.25) is 0 Å². The first-order chi connectivity index (χ1) is 8.81. The molecular weight excluding hydrogens is 232 g/mol. The fraction of sp³-hybridized carbons (Fsp3) is 0.462. The van der Waals surface area contributed by atoms with Crippen molar-refractivity contribution < 1.29 is 14.3 Å². The van der Waals surface area contributed by atoms with Gasteiger partial charge in [0.25, 0.3) is 5.91 Å². The topological polar surface area (TPSA) is 59.6 Å². The lowest BCUT2D eigenvalue weighted by atomic mass is 10.2. The molecule has 2 rings (SSSR count). The Morgan fingerprint density at radius 3 is 3.11 bits per heavy atom. The molecule has 0 aromatic heterocycles. The van der Waals surface area contributed by atoms with Gasteiger partial charge in [0.05, 0.1) is 13.7 Å². The fourth-order valence-electron chi connectivity index (χ4n) is 1.88. The van der Waals surface area contributed by atoms with Crippen LogP contribution in [0.1, 0.15) is 5.56 Å². The lowest BCUT2D eigenvalue weighted by Crippen LogP contribution is -2.47. The van der Waals surface area contributed by atoms with Crippen LogP contribution in [0.4, 0.5) is 0 Å². The van der Waals surface area contributed by atoms with Gasteiger partial charge >= 0.3 is 0 Å². The van der Waals surface area contributed by atoms with Crippen molar-refractivity contribution in [1.82, 2.24) is 10.6 Å². The molecule has 5 nitrogen and oxygen atoms in total. The summed E-state index contributed by atoms with van der Waals surface area (Å²) in [4.78, 5) is 11.9. The van der Waals surface area contributed by atoms with Crippen molar-refractivity contribution in [2.45, 2.75) is 12.6 Å². The van der Waals surface area contributed by atoms with Crippen LogP contribution in [0.25, 0.3) is 0 Å². The minimum Gasteiger partial charge on any atom is -0.496 e. The second kappa shape index (κ2) is 6.37. The summed E-state index contributed by atoms with van der Waals surface area (Å²) in [5, 5.41) is 5.99. The number of carbonyl (C=O) groups is 1. The number of carbonyl (C=O) groups excluding carboxylic acids is 1. The molecule has 1 amide bonds. The van der Waals surface area contributed by atoms with Crippen molar-refractivity contribution in [1.29, 1.82) is 0 Å². The number of ether oxygens (including phenoxy) is 2. The smallest absolute Gasteiger partial charge is 0.250 e. The molecule has 1 aliphatic heterocycles. The Bertz CT molecular complexity index is 403. The zero-order chi connectivity index (χ0) is 12.8. The first-order valence-corrected chi connectivity index (χ1v) is 6.03. The van der Waals surface area contributed by atoms with Crippen molar-refractivity contribution in [3.63, 3.8) is 0 Å². The second-order valence-corrected chi connectivity index (χ2v) is 4.09. The third kappa shape index (κ3) is 3.21. The molecule has 1 heterocycles. The summed E-state index contributed by atoms with van der Waals surface area (Å²) in [6.07, 6.45) is -0.395. The van der Waals surface area contributed by atoms with Gasteiger partial charge in [0.1, 0.15) is 11.9 Å². The predicted molar refractivity (Wildman–Crippen MR) is 67.5 cm³/mol. The molecule has 98 valence electrons. The van der Waals surface area contributed by atoms with E-state index in [4.69, 9.17) is 9.47 Å². The Hall–Kier alpha value is -1.59. The zero-order valence-corrected chi connectivity index (χ0v) is 10.4. The Morgan fingerprint density at radius 2 is 2.39 bits per heavy atom. The number of para-hydroxylation sites is 1. The molecule has 1 aromatic carbocycles. The highest BCUT2D eigenvalue weighted by atomic mass is 16.5. The van der Waals surface area contributed by atoms with Gasteiger partial charge in [0.2, 0.25) is 0 Å². The van der Waals surface area contributed by atoms with E-state index in [-0.39, 0.29) is 5.91 Å². The molecule has 1 aromatic rings. The van der Waals surface area contributed by atoms with E-state index in [9.17, 15) is 4.79 Å². The van der Waals surface area contributed by atoms with Crippen molar-refractivity contribution >= 4 is 5.91 Å². The first-order valence-electron chi connectivity index (χ1n) is 6.03. The van der Waals surface area contributed by atoms with Crippen molar-refractivity contribution in [3.8, 4) is 5.75 Å². The molecular formula is C13H18N2O3. The third-order valence-electron chi connectivity index (χ3n) is 2.87. The van der Waals surface area contributed by atoms with Gasteiger partial charge in [0, 0.05) is 25.2 Å².